The van der Waals surface area contributed by atoms with Crippen LogP contribution >= 0.6 is 27.7 Å². The van der Waals surface area contributed by atoms with Crippen LogP contribution in [0.3, 0.4) is 0 Å². The molecule has 8 heteroatoms. The lowest BCUT2D eigenvalue weighted by Crippen LogP contribution is -2.44. The minimum absolute atomic E-state index is 0.159. The number of halogens is 1. The molecule has 5 rings (SSSR count). The first-order chi connectivity index (χ1) is 16.8. The van der Waals surface area contributed by atoms with Gasteiger partial charge in [-0.1, -0.05) is 40.2 Å². The van der Waals surface area contributed by atoms with Gasteiger partial charge in [-0.15, -0.1) is 0 Å². The van der Waals surface area contributed by atoms with Gasteiger partial charge in [0, 0.05) is 34.3 Å². The van der Waals surface area contributed by atoms with E-state index in [4.69, 9.17) is 0 Å². The molecule has 3 heterocycles. The number of imide groups is 1. The third kappa shape index (κ3) is 4.45. The van der Waals surface area contributed by atoms with Gasteiger partial charge in [0.2, 0.25) is 5.91 Å². The first kappa shape index (κ1) is 23.9. The van der Waals surface area contributed by atoms with Crippen molar-refractivity contribution >= 4 is 61.6 Å². The highest BCUT2D eigenvalue weighted by Gasteiger charge is 2.37. The quantitative estimate of drug-likeness (QED) is 0.370. The molecule has 2 fully saturated rings. The number of nitrogens with zero attached hydrogens (tertiary/aromatic N) is 3. The third-order valence-corrected chi connectivity index (χ3v) is 8.32. The van der Waals surface area contributed by atoms with Crippen LogP contribution in [-0.4, -0.2) is 51.1 Å². The molecule has 1 aromatic heterocycles. The third-order valence-electron chi connectivity index (χ3n) is 6.72. The highest BCUT2D eigenvalue weighted by atomic mass is 79.9. The molecule has 3 aromatic rings. The number of aromatic nitrogens is 1. The molecule has 3 amide bonds. The van der Waals surface area contributed by atoms with Gasteiger partial charge in [0.05, 0.1) is 10.6 Å². The van der Waals surface area contributed by atoms with E-state index in [1.807, 2.05) is 38.1 Å². The number of thioether (sulfide) groups is 1. The lowest BCUT2D eigenvalue weighted by Gasteiger charge is -2.27. The van der Waals surface area contributed by atoms with E-state index in [1.54, 1.807) is 11.0 Å². The molecule has 0 atom stereocenters. The number of likely N-dealkylation sites (tertiary alicyclic amines) is 1. The molecule has 0 aliphatic carbocycles. The van der Waals surface area contributed by atoms with Crippen LogP contribution in [0.2, 0.25) is 0 Å². The summed E-state index contributed by atoms with van der Waals surface area (Å²) in [5.41, 5.74) is 3.94. The maximum atomic E-state index is 13.1. The van der Waals surface area contributed by atoms with Gasteiger partial charge in [0.1, 0.15) is 6.54 Å². The van der Waals surface area contributed by atoms with Crippen molar-refractivity contribution in [3.63, 3.8) is 0 Å². The van der Waals surface area contributed by atoms with Gasteiger partial charge in [-0.05, 0) is 80.1 Å². The van der Waals surface area contributed by atoms with Crippen molar-refractivity contribution in [1.82, 2.24) is 14.4 Å². The molecule has 2 aromatic carbocycles. The van der Waals surface area contributed by atoms with Crippen molar-refractivity contribution in [2.24, 2.45) is 0 Å². The summed E-state index contributed by atoms with van der Waals surface area (Å²) in [7, 11) is 0. The van der Waals surface area contributed by atoms with Crippen LogP contribution in [0.15, 0.2) is 51.8 Å². The zero-order valence-electron chi connectivity index (χ0n) is 19.7. The number of piperidine rings is 1. The van der Waals surface area contributed by atoms with Gasteiger partial charge in [-0.2, -0.15) is 0 Å². The minimum Gasteiger partial charge on any atom is -0.341 e. The maximum absolute atomic E-state index is 13.1. The fourth-order valence-electron chi connectivity index (χ4n) is 4.90. The van der Waals surface area contributed by atoms with Crippen molar-refractivity contribution < 1.29 is 14.4 Å². The van der Waals surface area contributed by atoms with E-state index in [1.165, 1.54) is 0 Å². The number of hydrogen-bond acceptors (Lipinski definition) is 4. The Morgan fingerprint density at radius 1 is 1.03 bits per heavy atom. The van der Waals surface area contributed by atoms with Crippen LogP contribution in [-0.2, 0) is 9.59 Å². The van der Waals surface area contributed by atoms with Crippen molar-refractivity contribution in [3.8, 4) is 5.69 Å². The molecule has 0 saturated carbocycles. The van der Waals surface area contributed by atoms with Crippen LogP contribution < -0.4 is 0 Å². The van der Waals surface area contributed by atoms with Gasteiger partial charge in [0.25, 0.3) is 11.1 Å². The number of hydrogen-bond donors (Lipinski definition) is 0. The first-order valence-electron chi connectivity index (χ1n) is 11.7. The van der Waals surface area contributed by atoms with Crippen LogP contribution in [0.4, 0.5) is 4.79 Å². The van der Waals surface area contributed by atoms with E-state index in [2.05, 4.69) is 38.7 Å². The van der Waals surface area contributed by atoms with E-state index in [0.717, 1.165) is 73.8 Å². The van der Waals surface area contributed by atoms with E-state index in [0.29, 0.717) is 18.0 Å². The minimum atomic E-state index is -0.399. The fraction of sp³-hybridized carbons (Fsp3) is 0.296. The molecule has 2 aliphatic rings. The zero-order chi connectivity index (χ0) is 24.7. The summed E-state index contributed by atoms with van der Waals surface area (Å²) in [5.74, 6) is -0.558. The normalized spacial score (nSPS) is 17.7. The summed E-state index contributed by atoms with van der Waals surface area (Å²) in [6.45, 7) is 5.25. The average Bonchev–Trinajstić information content (AvgIpc) is 3.29. The van der Waals surface area contributed by atoms with Gasteiger partial charge in [-0.3, -0.25) is 19.3 Å². The summed E-state index contributed by atoms with van der Waals surface area (Å²) in [6, 6.07) is 14.4. The largest absolute Gasteiger partial charge is 0.341 e. The highest BCUT2D eigenvalue weighted by molar-refractivity contribution is 9.10. The summed E-state index contributed by atoms with van der Waals surface area (Å²) >= 11 is 4.54. The van der Waals surface area contributed by atoms with Crippen molar-refractivity contribution in [2.45, 2.75) is 33.1 Å². The second kappa shape index (κ2) is 9.66. The van der Waals surface area contributed by atoms with E-state index in [9.17, 15) is 14.4 Å². The molecule has 0 bridgehead atoms. The number of benzene rings is 2. The molecule has 0 N–H and O–H groups in total. The molecule has 0 unspecified atom stereocenters. The first-order valence-corrected chi connectivity index (χ1v) is 13.4. The summed E-state index contributed by atoms with van der Waals surface area (Å²) in [6.07, 6.45) is 4.83. The van der Waals surface area contributed by atoms with Gasteiger partial charge in [0.15, 0.2) is 0 Å². The summed E-state index contributed by atoms with van der Waals surface area (Å²) in [5, 5.41) is 1.85. The SMILES string of the molecule is Cc1cc(/C=C2\SC(=O)N(CC(=O)N3CCCCC3)C2=O)c(C)n1-c1ccc(Br)c2ccccc12. The number of rotatable bonds is 4. The van der Waals surface area contributed by atoms with E-state index >= 15 is 0 Å². The van der Waals surface area contributed by atoms with Gasteiger partial charge >= 0.3 is 0 Å². The molecule has 35 heavy (non-hydrogen) atoms. The Bertz CT molecular complexity index is 1390. The average molecular weight is 552 g/mol. The second-order valence-corrected chi connectivity index (χ2v) is 10.8. The Kier molecular flexibility index (Phi) is 6.59. The molecular weight excluding hydrogens is 526 g/mol. The number of aryl methyl sites for hydroxylation is 1. The van der Waals surface area contributed by atoms with Gasteiger partial charge in [-0.25, -0.2) is 0 Å². The Labute approximate surface area is 217 Å². The highest BCUT2D eigenvalue weighted by Crippen LogP contribution is 2.35. The maximum Gasteiger partial charge on any atom is 0.294 e. The Balaban J connectivity index is 1.44. The molecule has 0 spiro atoms. The zero-order valence-corrected chi connectivity index (χ0v) is 22.1. The topological polar surface area (TPSA) is 62.6 Å². The monoisotopic (exact) mass is 551 g/mol. The number of fused-ring (bicyclic) bond motifs is 1. The molecule has 180 valence electrons. The van der Waals surface area contributed by atoms with Crippen LogP contribution in [0.1, 0.15) is 36.2 Å². The van der Waals surface area contributed by atoms with Crippen LogP contribution in [0.5, 0.6) is 0 Å². The smallest absolute Gasteiger partial charge is 0.294 e. The second-order valence-electron chi connectivity index (χ2n) is 8.98. The van der Waals surface area contributed by atoms with Gasteiger partial charge < -0.3 is 9.47 Å². The number of amides is 3. The summed E-state index contributed by atoms with van der Waals surface area (Å²) in [4.78, 5) is 41.5. The van der Waals surface area contributed by atoms with Crippen LogP contribution in [0, 0.1) is 13.8 Å². The summed E-state index contributed by atoms with van der Waals surface area (Å²) < 4.78 is 3.21. The van der Waals surface area contributed by atoms with E-state index in [-0.39, 0.29) is 17.7 Å². The predicted octanol–water partition coefficient (Wildman–Crippen LogP) is 6.06. The Morgan fingerprint density at radius 2 is 1.74 bits per heavy atom. The number of carbonyl (C=O) groups excluding carboxylic acids is 3. The van der Waals surface area contributed by atoms with E-state index < -0.39 is 5.91 Å². The molecule has 2 aliphatic heterocycles. The lowest BCUT2D eigenvalue weighted by molar-refractivity contribution is -0.136. The molecule has 0 radical (unpaired) electrons. The Morgan fingerprint density at radius 3 is 2.49 bits per heavy atom. The molecule has 6 nitrogen and oxygen atoms in total. The lowest BCUT2D eigenvalue weighted by atomic mass is 10.1. The van der Waals surface area contributed by atoms with Crippen molar-refractivity contribution in [3.05, 3.63) is 68.8 Å². The van der Waals surface area contributed by atoms with Crippen molar-refractivity contribution in [1.29, 1.82) is 0 Å². The van der Waals surface area contributed by atoms with Crippen molar-refractivity contribution in [2.75, 3.05) is 19.6 Å². The predicted molar refractivity (Wildman–Crippen MR) is 144 cm³/mol. The molecular formula is C27H26BrN3O3S. The standard InChI is InChI=1S/C27H26BrN3O3S/c1-17-14-19(18(2)31(17)23-11-10-22(28)20-8-4-5-9-21(20)23)15-24-26(33)30(27(34)35-24)16-25(32)29-12-6-3-7-13-29/h4-5,8-11,14-15H,3,6-7,12-13,16H2,1-2H3/b24-15-. The van der Waals surface area contributed by atoms with Crippen LogP contribution in [0.25, 0.3) is 22.5 Å². The molecule has 2 saturated heterocycles. The Hall–Kier alpha value is -2.84. The fourth-order valence-corrected chi connectivity index (χ4v) is 6.21. The number of carbonyl (C=O) groups is 3.